The van der Waals surface area contributed by atoms with E-state index in [2.05, 4.69) is 0 Å². The standard InChI is InChI=1S/C13H11N3O2/c1-8-5-10(6-11(12(8)15)13(17)18)16-4-2-3-9(16)7-14/h2-6H,15H2,1H3,(H,17,18). The highest BCUT2D eigenvalue weighted by atomic mass is 16.4. The molecule has 0 saturated carbocycles. The van der Waals surface area contributed by atoms with Crippen LogP contribution in [0.3, 0.4) is 0 Å². The number of aromatic carboxylic acids is 1. The lowest BCUT2D eigenvalue weighted by molar-refractivity contribution is 0.0698. The van der Waals surface area contributed by atoms with Crippen LogP contribution in [0.5, 0.6) is 0 Å². The van der Waals surface area contributed by atoms with Gasteiger partial charge in [-0.1, -0.05) is 0 Å². The van der Waals surface area contributed by atoms with Gasteiger partial charge in [0.2, 0.25) is 0 Å². The average Bonchev–Trinajstić information content (AvgIpc) is 2.80. The van der Waals surface area contributed by atoms with Gasteiger partial charge in [-0.05, 0) is 36.8 Å². The summed E-state index contributed by atoms with van der Waals surface area (Å²) in [5.41, 5.74) is 7.73. The first-order valence-corrected chi connectivity index (χ1v) is 5.26. The lowest BCUT2D eigenvalue weighted by atomic mass is 10.1. The molecule has 0 aliphatic heterocycles. The molecule has 0 bridgehead atoms. The molecule has 0 atom stereocenters. The van der Waals surface area contributed by atoms with Crippen molar-refractivity contribution in [3.63, 3.8) is 0 Å². The van der Waals surface area contributed by atoms with Gasteiger partial charge in [-0.25, -0.2) is 4.79 Å². The first-order chi connectivity index (χ1) is 8.54. The minimum atomic E-state index is -1.08. The molecule has 2 rings (SSSR count). The second kappa shape index (κ2) is 4.26. The van der Waals surface area contributed by atoms with Crippen molar-refractivity contribution >= 4 is 11.7 Å². The molecule has 5 heteroatoms. The Morgan fingerprint density at radius 1 is 1.50 bits per heavy atom. The molecule has 0 spiro atoms. The molecule has 90 valence electrons. The third kappa shape index (κ3) is 1.80. The zero-order chi connectivity index (χ0) is 13.3. The second-order valence-corrected chi connectivity index (χ2v) is 3.90. The molecule has 0 saturated heterocycles. The number of anilines is 1. The van der Waals surface area contributed by atoms with E-state index >= 15 is 0 Å². The van der Waals surface area contributed by atoms with Gasteiger partial charge in [0.05, 0.1) is 5.56 Å². The highest BCUT2D eigenvalue weighted by Crippen LogP contribution is 2.23. The molecular formula is C13H11N3O2. The van der Waals surface area contributed by atoms with Gasteiger partial charge in [0, 0.05) is 17.6 Å². The normalized spacial score (nSPS) is 10.0. The van der Waals surface area contributed by atoms with Gasteiger partial charge < -0.3 is 15.4 Å². The molecule has 0 aliphatic rings. The number of carbonyl (C=O) groups is 1. The Morgan fingerprint density at radius 3 is 2.83 bits per heavy atom. The van der Waals surface area contributed by atoms with Crippen molar-refractivity contribution < 1.29 is 9.90 Å². The van der Waals surface area contributed by atoms with Gasteiger partial charge >= 0.3 is 5.97 Å². The van der Waals surface area contributed by atoms with E-state index in [0.717, 1.165) is 0 Å². The minimum absolute atomic E-state index is 0.0441. The van der Waals surface area contributed by atoms with Crippen LogP contribution in [-0.4, -0.2) is 15.6 Å². The SMILES string of the molecule is Cc1cc(-n2cccc2C#N)cc(C(=O)O)c1N. The van der Waals surface area contributed by atoms with Gasteiger partial charge in [0.15, 0.2) is 0 Å². The summed E-state index contributed by atoms with van der Waals surface area (Å²) >= 11 is 0. The maximum Gasteiger partial charge on any atom is 0.337 e. The van der Waals surface area contributed by atoms with Crippen molar-refractivity contribution in [2.75, 3.05) is 5.73 Å². The number of hydrogen-bond donors (Lipinski definition) is 2. The van der Waals surface area contributed by atoms with E-state index in [9.17, 15) is 4.79 Å². The van der Waals surface area contributed by atoms with Crippen LogP contribution in [0.2, 0.25) is 0 Å². The van der Waals surface area contributed by atoms with E-state index in [1.165, 1.54) is 6.07 Å². The molecule has 0 aliphatic carbocycles. The summed E-state index contributed by atoms with van der Waals surface area (Å²) in [6, 6.07) is 8.64. The molecule has 0 fully saturated rings. The number of carboxylic acids is 1. The van der Waals surface area contributed by atoms with Crippen molar-refractivity contribution in [1.29, 1.82) is 5.26 Å². The van der Waals surface area contributed by atoms with Crippen molar-refractivity contribution in [1.82, 2.24) is 4.57 Å². The Bertz CT molecular complexity index is 665. The Hall–Kier alpha value is -2.74. The highest BCUT2D eigenvalue weighted by molar-refractivity contribution is 5.95. The van der Waals surface area contributed by atoms with Crippen LogP contribution in [0.4, 0.5) is 5.69 Å². The summed E-state index contributed by atoms with van der Waals surface area (Å²) in [6.45, 7) is 1.74. The Balaban J connectivity index is 2.67. The number of aryl methyl sites for hydroxylation is 1. The Labute approximate surface area is 104 Å². The predicted octanol–water partition coefficient (Wildman–Crippen LogP) is 1.94. The molecule has 18 heavy (non-hydrogen) atoms. The maximum atomic E-state index is 11.1. The van der Waals surface area contributed by atoms with Gasteiger partial charge in [-0.2, -0.15) is 5.26 Å². The van der Waals surface area contributed by atoms with Gasteiger partial charge in [-0.3, -0.25) is 0 Å². The minimum Gasteiger partial charge on any atom is -0.478 e. The van der Waals surface area contributed by atoms with E-state index < -0.39 is 5.97 Å². The van der Waals surface area contributed by atoms with Crippen LogP contribution in [-0.2, 0) is 0 Å². The van der Waals surface area contributed by atoms with Crippen LogP contribution < -0.4 is 5.73 Å². The average molecular weight is 241 g/mol. The van der Waals surface area contributed by atoms with E-state index in [4.69, 9.17) is 16.1 Å². The van der Waals surface area contributed by atoms with E-state index in [1.807, 2.05) is 6.07 Å². The van der Waals surface area contributed by atoms with Crippen LogP contribution in [0.1, 0.15) is 21.6 Å². The van der Waals surface area contributed by atoms with Crippen LogP contribution in [0.25, 0.3) is 5.69 Å². The third-order valence-electron chi connectivity index (χ3n) is 2.74. The second-order valence-electron chi connectivity index (χ2n) is 3.90. The summed E-state index contributed by atoms with van der Waals surface area (Å²) < 4.78 is 1.62. The zero-order valence-electron chi connectivity index (χ0n) is 9.71. The number of nitriles is 1. The summed E-state index contributed by atoms with van der Waals surface area (Å²) in [5.74, 6) is -1.08. The smallest absolute Gasteiger partial charge is 0.337 e. The lowest BCUT2D eigenvalue weighted by Gasteiger charge is -2.10. The number of hydrogen-bond acceptors (Lipinski definition) is 3. The van der Waals surface area contributed by atoms with Crippen molar-refractivity contribution in [3.8, 4) is 11.8 Å². The summed E-state index contributed by atoms with van der Waals surface area (Å²) in [7, 11) is 0. The fraction of sp³-hybridized carbons (Fsp3) is 0.0769. The fourth-order valence-corrected chi connectivity index (χ4v) is 1.79. The van der Waals surface area contributed by atoms with Crippen LogP contribution in [0.15, 0.2) is 30.5 Å². The summed E-state index contributed by atoms with van der Waals surface area (Å²) in [4.78, 5) is 11.1. The number of carboxylic acid groups (broad SMARTS) is 1. The monoisotopic (exact) mass is 241 g/mol. The fourth-order valence-electron chi connectivity index (χ4n) is 1.79. The maximum absolute atomic E-state index is 11.1. The number of nitrogens with zero attached hydrogens (tertiary/aromatic N) is 2. The summed E-state index contributed by atoms with van der Waals surface area (Å²) in [6.07, 6.45) is 1.70. The molecule has 1 aromatic carbocycles. The molecule has 0 radical (unpaired) electrons. The number of aromatic nitrogens is 1. The molecule has 0 unspecified atom stereocenters. The topological polar surface area (TPSA) is 92.0 Å². The van der Waals surface area contributed by atoms with Crippen LogP contribution in [0, 0.1) is 18.3 Å². The first kappa shape index (κ1) is 11.7. The van der Waals surface area contributed by atoms with Crippen molar-refractivity contribution in [2.24, 2.45) is 0 Å². The summed E-state index contributed by atoms with van der Waals surface area (Å²) in [5, 5.41) is 18.0. The van der Waals surface area contributed by atoms with Gasteiger partial charge in [-0.15, -0.1) is 0 Å². The molecule has 5 nitrogen and oxygen atoms in total. The van der Waals surface area contributed by atoms with Crippen molar-refractivity contribution in [2.45, 2.75) is 6.92 Å². The molecule has 0 amide bonds. The molecular weight excluding hydrogens is 230 g/mol. The zero-order valence-corrected chi connectivity index (χ0v) is 9.71. The van der Waals surface area contributed by atoms with Gasteiger partial charge in [0.25, 0.3) is 0 Å². The van der Waals surface area contributed by atoms with E-state index in [0.29, 0.717) is 16.9 Å². The molecule has 2 aromatic rings. The Morgan fingerprint density at radius 2 is 2.22 bits per heavy atom. The van der Waals surface area contributed by atoms with E-state index in [1.54, 1.807) is 35.9 Å². The number of nitrogen functional groups attached to an aromatic ring is 1. The molecule has 3 N–H and O–H groups in total. The first-order valence-electron chi connectivity index (χ1n) is 5.26. The Kier molecular flexibility index (Phi) is 2.78. The molecule has 1 aromatic heterocycles. The number of benzene rings is 1. The predicted molar refractivity (Wildman–Crippen MR) is 66.6 cm³/mol. The van der Waals surface area contributed by atoms with Crippen LogP contribution >= 0.6 is 0 Å². The number of rotatable bonds is 2. The van der Waals surface area contributed by atoms with E-state index in [-0.39, 0.29) is 11.3 Å². The highest BCUT2D eigenvalue weighted by Gasteiger charge is 2.13. The molecule has 1 heterocycles. The quantitative estimate of drug-likeness (QED) is 0.786. The third-order valence-corrected chi connectivity index (χ3v) is 2.74. The number of nitrogens with two attached hydrogens (primary N) is 1. The largest absolute Gasteiger partial charge is 0.478 e. The van der Waals surface area contributed by atoms with Crippen molar-refractivity contribution in [3.05, 3.63) is 47.3 Å². The van der Waals surface area contributed by atoms with Gasteiger partial charge in [0.1, 0.15) is 11.8 Å². The lowest BCUT2D eigenvalue weighted by Crippen LogP contribution is -2.07.